The molecule has 70 valence electrons. The van der Waals surface area contributed by atoms with Crippen molar-refractivity contribution < 1.29 is 14.3 Å². The third kappa shape index (κ3) is 2.67. The quantitative estimate of drug-likeness (QED) is 0.163. The lowest BCUT2D eigenvalue weighted by Crippen LogP contribution is -2.29. The largest absolute Gasteiger partial charge is 0.480 e. The maximum atomic E-state index is 10.9. The van der Waals surface area contributed by atoms with E-state index in [1.54, 1.807) is 6.92 Å². The molecular weight excluding hydrogens is 162 g/mol. The summed E-state index contributed by atoms with van der Waals surface area (Å²) < 4.78 is 9.24. The average Bonchev–Trinajstić information content (AvgIpc) is 2.07. The van der Waals surface area contributed by atoms with Crippen LogP contribution < -0.4 is 17.0 Å². The van der Waals surface area contributed by atoms with E-state index in [-0.39, 0.29) is 18.2 Å². The molecule has 0 fully saturated rings. The molecule has 0 heterocycles. The highest BCUT2D eigenvalue weighted by Crippen LogP contribution is 1.96. The average molecular weight is 175 g/mol. The van der Waals surface area contributed by atoms with Crippen molar-refractivity contribution in [2.75, 3.05) is 13.7 Å². The van der Waals surface area contributed by atoms with E-state index in [0.717, 1.165) is 0 Å². The van der Waals surface area contributed by atoms with Gasteiger partial charge in [-0.2, -0.15) is 0 Å². The lowest BCUT2D eigenvalue weighted by Gasteiger charge is -2.07. The van der Waals surface area contributed by atoms with Crippen molar-refractivity contribution >= 4 is 5.97 Å². The molecule has 0 aliphatic rings. The first kappa shape index (κ1) is 10.6. The van der Waals surface area contributed by atoms with Crippen LogP contribution in [0.2, 0.25) is 0 Å². The molecule has 12 heavy (non-hydrogen) atoms. The van der Waals surface area contributed by atoms with Gasteiger partial charge < -0.3 is 15.2 Å². The van der Waals surface area contributed by atoms with E-state index in [1.807, 2.05) is 0 Å². The highest BCUT2D eigenvalue weighted by Gasteiger charge is 2.12. The smallest absolute Gasteiger partial charge is 0.359 e. The Labute approximate surface area is 70.5 Å². The number of nitrogens with one attached hydrogen (secondary N) is 1. The number of hydrazine groups is 1. The van der Waals surface area contributed by atoms with E-state index in [0.29, 0.717) is 0 Å². The molecule has 5 N–H and O–H groups in total. The van der Waals surface area contributed by atoms with E-state index in [1.165, 1.54) is 7.11 Å². The molecule has 0 aromatic heterocycles. The summed E-state index contributed by atoms with van der Waals surface area (Å²) in [5.74, 6) is 4.33. The number of ether oxygens (including phenoxy) is 2. The SMILES string of the molecule is CCOC(=O)/C(N)=C(/NN)OC. The maximum Gasteiger partial charge on any atom is 0.359 e. The Bertz CT molecular complexity index is 184. The second kappa shape index (κ2) is 5.25. The fourth-order valence-electron chi connectivity index (χ4n) is 0.548. The fraction of sp³-hybridized carbons (Fsp3) is 0.500. The molecular formula is C6H13N3O3. The van der Waals surface area contributed by atoms with Gasteiger partial charge >= 0.3 is 5.97 Å². The number of hydrogen-bond donors (Lipinski definition) is 3. The first-order valence-corrected chi connectivity index (χ1v) is 3.34. The predicted molar refractivity (Wildman–Crippen MR) is 42.2 cm³/mol. The Morgan fingerprint density at radius 1 is 1.58 bits per heavy atom. The van der Waals surface area contributed by atoms with Gasteiger partial charge in [-0.05, 0) is 6.92 Å². The van der Waals surface area contributed by atoms with E-state index >= 15 is 0 Å². The standard InChI is InChI=1S/C6H13N3O3/c1-3-12-6(10)4(7)5(9-8)11-2/h9H,3,7-8H2,1-2H3/b5-4+. The van der Waals surface area contributed by atoms with Crippen LogP contribution in [0.15, 0.2) is 11.6 Å². The topological polar surface area (TPSA) is 99.6 Å². The van der Waals surface area contributed by atoms with Crippen LogP contribution in [0.4, 0.5) is 0 Å². The minimum absolute atomic E-state index is 0.00606. The lowest BCUT2D eigenvalue weighted by atomic mass is 10.5. The molecule has 0 radical (unpaired) electrons. The van der Waals surface area contributed by atoms with Crippen LogP contribution in [0, 0.1) is 0 Å². The molecule has 0 bridgehead atoms. The first-order valence-electron chi connectivity index (χ1n) is 3.34. The van der Waals surface area contributed by atoms with Crippen molar-refractivity contribution in [1.29, 1.82) is 0 Å². The minimum Gasteiger partial charge on any atom is -0.480 e. The van der Waals surface area contributed by atoms with Crippen LogP contribution >= 0.6 is 0 Å². The second-order valence-electron chi connectivity index (χ2n) is 1.81. The summed E-state index contributed by atoms with van der Waals surface area (Å²) in [6.07, 6.45) is 0. The predicted octanol–water partition coefficient (Wildman–Crippen LogP) is -1.21. The number of hydrogen-bond acceptors (Lipinski definition) is 6. The summed E-state index contributed by atoms with van der Waals surface area (Å²) in [7, 11) is 1.33. The summed E-state index contributed by atoms with van der Waals surface area (Å²) in [6.45, 7) is 1.93. The molecule has 0 aromatic rings. The van der Waals surface area contributed by atoms with Crippen LogP contribution in [-0.4, -0.2) is 19.7 Å². The molecule has 0 atom stereocenters. The third-order valence-electron chi connectivity index (χ3n) is 1.08. The maximum absolute atomic E-state index is 10.9. The van der Waals surface area contributed by atoms with Gasteiger partial charge in [0.25, 0.3) is 0 Å². The van der Waals surface area contributed by atoms with E-state index in [9.17, 15) is 4.79 Å². The molecule has 0 aliphatic carbocycles. The zero-order valence-corrected chi connectivity index (χ0v) is 7.09. The van der Waals surface area contributed by atoms with Crippen LogP contribution in [0.1, 0.15) is 6.92 Å². The van der Waals surface area contributed by atoms with Crippen molar-refractivity contribution in [2.45, 2.75) is 6.92 Å². The summed E-state index contributed by atoms with van der Waals surface area (Å²) >= 11 is 0. The van der Waals surface area contributed by atoms with Gasteiger partial charge in [-0.15, -0.1) is 0 Å². The van der Waals surface area contributed by atoms with Crippen LogP contribution in [0.3, 0.4) is 0 Å². The zero-order valence-electron chi connectivity index (χ0n) is 7.09. The Morgan fingerprint density at radius 2 is 2.17 bits per heavy atom. The summed E-state index contributed by atoms with van der Waals surface area (Å²) in [5.41, 5.74) is 7.25. The zero-order chi connectivity index (χ0) is 9.56. The van der Waals surface area contributed by atoms with Crippen molar-refractivity contribution in [3.8, 4) is 0 Å². The Kier molecular flexibility index (Phi) is 4.62. The van der Waals surface area contributed by atoms with Crippen LogP contribution in [0.25, 0.3) is 0 Å². The summed E-state index contributed by atoms with van der Waals surface area (Å²) in [5, 5.41) is 0. The molecule has 0 rings (SSSR count). The van der Waals surface area contributed by atoms with E-state index in [4.69, 9.17) is 11.6 Å². The highest BCUT2D eigenvalue weighted by atomic mass is 16.5. The number of methoxy groups -OCH3 is 1. The van der Waals surface area contributed by atoms with Gasteiger partial charge in [0, 0.05) is 0 Å². The molecule has 0 aromatic carbocycles. The Hall–Kier alpha value is -1.43. The van der Waals surface area contributed by atoms with Gasteiger partial charge in [0.05, 0.1) is 13.7 Å². The monoisotopic (exact) mass is 175 g/mol. The van der Waals surface area contributed by atoms with E-state index < -0.39 is 5.97 Å². The molecule has 0 amide bonds. The summed E-state index contributed by atoms with van der Waals surface area (Å²) in [4.78, 5) is 10.9. The molecule has 0 saturated heterocycles. The first-order chi connectivity index (χ1) is 5.67. The lowest BCUT2D eigenvalue weighted by molar-refractivity contribution is -0.138. The normalized spacial score (nSPS) is 11.6. The van der Waals surface area contributed by atoms with Gasteiger partial charge in [0.2, 0.25) is 5.88 Å². The minimum atomic E-state index is -0.660. The molecule has 0 spiro atoms. The molecule has 0 aliphatic heterocycles. The number of esters is 1. The second-order valence-corrected chi connectivity index (χ2v) is 1.81. The van der Waals surface area contributed by atoms with Gasteiger partial charge in [0.15, 0.2) is 5.70 Å². The Morgan fingerprint density at radius 3 is 2.50 bits per heavy atom. The number of rotatable bonds is 4. The molecule has 6 heteroatoms. The number of nitrogens with two attached hydrogens (primary N) is 2. The van der Waals surface area contributed by atoms with Crippen LogP contribution in [-0.2, 0) is 14.3 Å². The van der Waals surface area contributed by atoms with Gasteiger partial charge in [-0.3, -0.25) is 5.43 Å². The van der Waals surface area contributed by atoms with Gasteiger partial charge in [0.1, 0.15) is 0 Å². The third-order valence-corrected chi connectivity index (χ3v) is 1.08. The van der Waals surface area contributed by atoms with E-state index in [2.05, 4.69) is 14.9 Å². The molecule has 0 saturated carbocycles. The van der Waals surface area contributed by atoms with Crippen molar-refractivity contribution in [1.82, 2.24) is 5.43 Å². The van der Waals surface area contributed by atoms with Gasteiger partial charge in [-0.1, -0.05) is 0 Å². The van der Waals surface area contributed by atoms with Gasteiger partial charge in [-0.25, -0.2) is 10.6 Å². The van der Waals surface area contributed by atoms with Crippen molar-refractivity contribution in [3.63, 3.8) is 0 Å². The number of carbonyl (C=O) groups is 1. The van der Waals surface area contributed by atoms with Crippen LogP contribution in [0.5, 0.6) is 0 Å². The highest BCUT2D eigenvalue weighted by molar-refractivity contribution is 5.87. The Balaban J connectivity index is 4.39. The number of carbonyl (C=O) groups excluding carboxylic acids is 1. The molecule has 0 unspecified atom stereocenters. The molecule has 6 nitrogen and oxygen atoms in total. The van der Waals surface area contributed by atoms with Crippen molar-refractivity contribution in [3.05, 3.63) is 11.6 Å². The summed E-state index contributed by atoms with van der Waals surface area (Å²) in [6, 6.07) is 0. The van der Waals surface area contributed by atoms with Crippen molar-refractivity contribution in [2.24, 2.45) is 11.6 Å². The fourth-order valence-corrected chi connectivity index (χ4v) is 0.548.